The number of nitrogens with two attached hydrogens (primary N) is 1. The van der Waals surface area contributed by atoms with Crippen LogP contribution in [0, 0.1) is 6.92 Å². The van der Waals surface area contributed by atoms with E-state index < -0.39 is 0 Å². The van der Waals surface area contributed by atoms with Crippen LogP contribution >= 0.6 is 0 Å². The Morgan fingerprint density at radius 2 is 2.16 bits per heavy atom. The molecule has 0 amide bonds. The summed E-state index contributed by atoms with van der Waals surface area (Å²) in [6.07, 6.45) is 7.33. The summed E-state index contributed by atoms with van der Waals surface area (Å²) < 4.78 is 1.85. The van der Waals surface area contributed by atoms with E-state index in [-0.39, 0.29) is 0 Å². The zero-order chi connectivity index (χ0) is 17.2. The number of aryl methyl sites for hydroxylation is 1. The molecule has 3 N–H and O–H groups in total. The van der Waals surface area contributed by atoms with Crippen LogP contribution in [0.5, 0.6) is 0 Å². The van der Waals surface area contributed by atoms with Crippen LogP contribution in [0.25, 0.3) is 5.52 Å². The normalized spacial score (nSPS) is 16.4. The molecule has 1 aliphatic rings. The number of aromatic nitrogens is 5. The highest BCUT2D eigenvalue weighted by Gasteiger charge is 2.19. The van der Waals surface area contributed by atoms with E-state index >= 15 is 0 Å². The van der Waals surface area contributed by atoms with Crippen molar-refractivity contribution in [3.8, 4) is 0 Å². The largest absolute Gasteiger partial charge is 0.328 e. The third kappa shape index (κ3) is 3.45. The van der Waals surface area contributed by atoms with E-state index in [0.29, 0.717) is 11.9 Å². The number of piperidine rings is 1. The van der Waals surface area contributed by atoms with Crippen LogP contribution in [0.15, 0.2) is 30.9 Å². The Morgan fingerprint density at radius 1 is 1.32 bits per heavy atom. The quantitative estimate of drug-likeness (QED) is 0.744. The van der Waals surface area contributed by atoms with Crippen molar-refractivity contribution < 1.29 is 0 Å². The summed E-state index contributed by atoms with van der Waals surface area (Å²) in [6.45, 7) is 4.90. The van der Waals surface area contributed by atoms with Crippen molar-refractivity contribution in [2.45, 2.75) is 32.4 Å². The van der Waals surface area contributed by atoms with Crippen molar-refractivity contribution >= 4 is 17.2 Å². The van der Waals surface area contributed by atoms with E-state index in [1.807, 2.05) is 23.7 Å². The lowest BCUT2D eigenvalue weighted by atomic mass is 10.1. The molecule has 0 radical (unpaired) electrons. The molecule has 4 heterocycles. The maximum atomic E-state index is 6.01. The van der Waals surface area contributed by atoms with Gasteiger partial charge in [0.1, 0.15) is 11.8 Å². The molecule has 0 aliphatic carbocycles. The van der Waals surface area contributed by atoms with Gasteiger partial charge in [0.2, 0.25) is 0 Å². The van der Waals surface area contributed by atoms with Gasteiger partial charge in [-0.2, -0.15) is 10.2 Å². The second-order valence-electron chi connectivity index (χ2n) is 6.60. The minimum absolute atomic E-state index is 0.336. The fourth-order valence-corrected chi connectivity index (χ4v) is 3.24. The van der Waals surface area contributed by atoms with Gasteiger partial charge in [0.15, 0.2) is 11.6 Å². The lowest BCUT2D eigenvalue weighted by molar-refractivity contribution is 0.206. The SMILES string of the molecule is Cc1cnnc(Nc2ncnn3ccc(CN4CCC(N)CC4)c23)c1. The maximum absolute atomic E-state index is 6.01. The van der Waals surface area contributed by atoms with Crippen LogP contribution in [0.4, 0.5) is 11.6 Å². The highest BCUT2D eigenvalue weighted by atomic mass is 15.3. The predicted molar refractivity (Wildman–Crippen MR) is 95.5 cm³/mol. The smallest absolute Gasteiger partial charge is 0.159 e. The molecule has 1 aliphatic heterocycles. The Bertz CT molecular complexity index is 866. The van der Waals surface area contributed by atoms with Crippen molar-refractivity contribution in [1.29, 1.82) is 0 Å². The van der Waals surface area contributed by atoms with E-state index in [1.54, 1.807) is 12.5 Å². The predicted octanol–water partition coefficient (Wildman–Crippen LogP) is 1.49. The Morgan fingerprint density at radius 3 is 2.96 bits per heavy atom. The standard InChI is InChI=1S/C17H22N8/c1-12-8-15(23-20-9-12)22-17-16-13(2-7-25(16)21-11-19-17)10-24-5-3-14(18)4-6-24/h2,7-9,11,14H,3-6,10,18H2,1H3,(H,19,21,22,23). The first-order chi connectivity index (χ1) is 12.2. The molecule has 0 aromatic carbocycles. The highest BCUT2D eigenvalue weighted by molar-refractivity contribution is 5.75. The molecule has 3 aromatic heterocycles. The lowest BCUT2D eigenvalue weighted by Crippen LogP contribution is -2.39. The average Bonchev–Trinajstić information content (AvgIpc) is 3.01. The van der Waals surface area contributed by atoms with E-state index in [9.17, 15) is 0 Å². The Balaban J connectivity index is 1.62. The molecule has 0 atom stereocenters. The second-order valence-corrected chi connectivity index (χ2v) is 6.60. The number of hydrogen-bond acceptors (Lipinski definition) is 7. The molecule has 130 valence electrons. The minimum Gasteiger partial charge on any atom is -0.328 e. The molecule has 1 saturated heterocycles. The number of nitrogens with zero attached hydrogens (tertiary/aromatic N) is 6. The molecule has 3 aromatic rings. The van der Waals surface area contributed by atoms with E-state index in [0.717, 1.165) is 49.4 Å². The first kappa shape index (κ1) is 15.9. The number of fused-ring (bicyclic) bond motifs is 1. The van der Waals surface area contributed by atoms with Crippen LogP contribution in [0.3, 0.4) is 0 Å². The first-order valence-electron chi connectivity index (χ1n) is 8.54. The topological polar surface area (TPSA) is 97.3 Å². The van der Waals surface area contributed by atoms with Crippen molar-refractivity contribution in [3.63, 3.8) is 0 Å². The maximum Gasteiger partial charge on any atom is 0.159 e. The van der Waals surface area contributed by atoms with Crippen molar-refractivity contribution in [1.82, 2.24) is 29.7 Å². The number of likely N-dealkylation sites (tertiary alicyclic amines) is 1. The highest BCUT2D eigenvalue weighted by Crippen LogP contribution is 2.24. The summed E-state index contributed by atoms with van der Waals surface area (Å²) in [7, 11) is 0. The van der Waals surface area contributed by atoms with Crippen molar-refractivity contribution in [3.05, 3.63) is 42.0 Å². The van der Waals surface area contributed by atoms with Gasteiger partial charge >= 0.3 is 0 Å². The molecule has 1 fully saturated rings. The van der Waals surface area contributed by atoms with Gasteiger partial charge in [0.25, 0.3) is 0 Å². The van der Waals surface area contributed by atoms with Gasteiger partial charge < -0.3 is 11.1 Å². The average molecular weight is 338 g/mol. The van der Waals surface area contributed by atoms with Crippen molar-refractivity contribution in [2.75, 3.05) is 18.4 Å². The van der Waals surface area contributed by atoms with Gasteiger partial charge in [-0.25, -0.2) is 9.50 Å². The summed E-state index contributed by atoms with van der Waals surface area (Å²) in [5.41, 5.74) is 9.22. The molecule has 0 unspecified atom stereocenters. The van der Waals surface area contributed by atoms with Crippen LogP contribution in [0.1, 0.15) is 24.0 Å². The molecule has 8 nitrogen and oxygen atoms in total. The van der Waals surface area contributed by atoms with Gasteiger partial charge in [-0.3, -0.25) is 4.90 Å². The van der Waals surface area contributed by atoms with E-state index in [4.69, 9.17) is 5.73 Å². The van der Waals surface area contributed by atoms with Gasteiger partial charge in [0, 0.05) is 18.8 Å². The fraction of sp³-hybridized carbons (Fsp3) is 0.412. The van der Waals surface area contributed by atoms with E-state index in [2.05, 4.69) is 36.6 Å². The Hall–Kier alpha value is -2.58. The summed E-state index contributed by atoms with van der Waals surface area (Å²) in [6, 6.07) is 4.38. The fourth-order valence-electron chi connectivity index (χ4n) is 3.24. The van der Waals surface area contributed by atoms with Gasteiger partial charge in [-0.15, -0.1) is 5.10 Å². The van der Waals surface area contributed by atoms with Crippen LogP contribution in [-0.2, 0) is 6.54 Å². The number of rotatable bonds is 4. The zero-order valence-corrected chi connectivity index (χ0v) is 14.3. The number of nitrogens with one attached hydrogen (secondary N) is 1. The van der Waals surface area contributed by atoms with Gasteiger partial charge in [0.05, 0.1) is 6.20 Å². The number of anilines is 2. The third-order valence-corrected chi connectivity index (χ3v) is 4.60. The monoisotopic (exact) mass is 338 g/mol. The zero-order valence-electron chi connectivity index (χ0n) is 14.3. The molecular weight excluding hydrogens is 316 g/mol. The molecule has 25 heavy (non-hydrogen) atoms. The first-order valence-corrected chi connectivity index (χ1v) is 8.54. The summed E-state index contributed by atoms with van der Waals surface area (Å²) >= 11 is 0. The summed E-state index contributed by atoms with van der Waals surface area (Å²) in [5, 5.41) is 15.7. The van der Waals surface area contributed by atoms with Crippen molar-refractivity contribution in [2.24, 2.45) is 5.73 Å². The Kier molecular flexibility index (Phi) is 4.29. The van der Waals surface area contributed by atoms with Crippen LogP contribution in [0.2, 0.25) is 0 Å². The van der Waals surface area contributed by atoms with Gasteiger partial charge in [-0.1, -0.05) is 0 Å². The van der Waals surface area contributed by atoms with Gasteiger partial charge in [-0.05, 0) is 56.1 Å². The molecule has 8 heteroatoms. The van der Waals surface area contributed by atoms with Crippen LogP contribution < -0.4 is 11.1 Å². The minimum atomic E-state index is 0.336. The Labute approximate surface area is 146 Å². The molecule has 0 bridgehead atoms. The van der Waals surface area contributed by atoms with E-state index in [1.165, 1.54) is 5.56 Å². The van der Waals surface area contributed by atoms with Crippen LogP contribution in [-0.4, -0.2) is 48.8 Å². The third-order valence-electron chi connectivity index (χ3n) is 4.60. The lowest BCUT2D eigenvalue weighted by Gasteiger charge is -2.29. The summed E-state index contributed by atoms with van der Waals surface area (Å²) in [5.74, 6) is 1.42. The molecule has 0 spiro atoms. The molecular formula is C17H22N8. The second kappa shape index (κ2) is 6.73. The molecule has 4 rings (SSSR count). The summed E-state index contributed by atoms with van der Waals surface area (Å²) in [4.78, 5) is 6.85. The molecule has 0 saturated carbocycles. The number of hydrogen-bond donors (Lipinski definition) is 2.